The highest BCUT2D eigenvalue weighted by atomic mass is 32.1. The Labute approximate surface area is 216 Å². The van der Waals surface area contributed by atoms with Crippen molar-refractivity contribution in [1.29, 1.82) is 0 Å². The number of aromatic nitrogens is 1. The number of furan rings is 2. The van der Waals surface area contributed by atoms with Crippen LogP contribution in [0, 0.1) is 41.5 Å². The van der Waals surface area contributed by atoms with Crippen LogP contribution in [0.25, 0.3) is 32.7 Å². The fraction of sp³-hybridized carbons (Fsp3) is 0.214. The quantitative estimate of drug-likeness (QED) is 0.254. The summed E-state index contributed by atoms with van der Waals surface area (Å²) in [4.78, 5) is 24.9. The minimum atomic E-state index is -0.437. The third-order valence-electron chi connectivity index (χ3n) is 6.45. The van der Waals surface area contributed by atoms with Gasteiger partial charge in [-0.1, -0.05) is 0 Å². The van der Waals surface area contributed by atoms with Crippen LogP contribution in [0.2, 0.25) is 0 Å². The largest absolute Gasteiger partial charge is 0.494 e. The maximum atomic E-state index is 13.1. The molecule has 6 rings (SSSR count). The lowest BCUT2D eigenvalue weighted by Gasteiger charge is -1.99. The van der Waals surface area contributed by atoms with Crippen LogP contribution in [-0.4, -0.2) is 21.7 Å². The molecule has 6 heterocycles. The van der Waals surface area contributed by atoms with Crippen LogP contribution >= 0.6 is 22.7 Å². The molecule has 0 saturated carbocycles. The summed E-state index contributed by atoms with van der Waals surface area (Å²) in [6.45, 7) is 12.1. The molecule has 1 amide bonds. The van der Waals surface area contributed by atoms with Gasteiger partial charge in [-0.25, -0.2) is 4.99 Å². The van der Waals surface area contributed by atoms with Crippen LogP contribution in [0.15, 0.2) is 38.1 Å². The van der Waals surface area contributed by atoms with Gasteiger partial charge in [0.1, 0.15) is 17.2 Å². The van der Waals surface area contributed by atoms with Gasteiger partial charge >= 0.3 is 0 Å². The summed E-state index contributed by atoms with van der Waals surface area (Å²) in [5.74, 6) is 1.88. The lowest BCUT2D eigenvalue weighted by molar-refractivity contribution is 0.101. The number of aryl methyl sites for hydroxylation is 6. The van der Waals surface area contributed by atoms with E-state index in [1.165, 1.54) is 9.75 Å². The second kappa shape index (κ2) is 7.94. The van der Waals surface area contributed by atoms with Gasteiger partial charge in [0.25, 0.3) is 5.91 Å². The Hall–Kier alpha value is -3.62. The normalized spacial score (nSPS) is 13.1. The van der Waals surface area contributed by atoms with Crippen molar-refractivity contribution in [1.82, 2.24) is 4.98 Å². The molecule has 0 atom stereocenters. The summed E-state index contributed by atoms with van der Waals surface area (Å²) >= 11 is 3.32. The first-order valence-electron chi connectivity index (χ1n) is 11.6. The van der Waals surface area contributed by atoms with Crippen LogP contribution < -0.4 is 0 Å². The van der Waals surface area contributed by atoms with Gasteiger partial charge in [0.2, 0.25) is 0 Å². The fourth-order valence-electron chi connectivity index (χ4n) is 4.92. The Morgan fingerprint density at radius 1 is 0.750 bits per heavy atom. The Morgan fingerprint density at radius 3 is 1.81 bits per heavy atom. The highest BCUT2D eigenvalue weighted by Gasteiger charge is 2.37. The number of aromatic amines is 1. The summed E-state index contributed by atoms with van der Waals surface area (Å²) < 4.78 is 12.5. The zero-order valence-corrected chi connectivity index (χ0v) is 22.4. The van der Waals surface area contributed by atoms with Gasteiger partial charge in [0.15, 0.2) is 17.4 Å². The zero-order valence-electron chi connectivity index (χ0n) is 20.7. The second-order valence-electron chi connectivity index (χ2n) is 9.35. The molecule has 0 bridgehead atoms. The minimum Gasteiger partial charge on any atom is -0.494 e. The number of fused-ring (bicyclic) bond motifs is 1. The highest BCUT2D eigenvalue weighted by molar-refractivity contribution is 7.15. The first-order chi connectivity index (χ1) is 17.1. The average Bonchev–Trinajstić information content (AvgIpc) is 3.61. The van der Waals surface area contributed by atoms with E-state index < -0.39 is 5.91 Å². The number of hydrogen-bond donors (Lipinski definition) is 2. The van der Waals surface area contributed by atoms with E-state index in [2.05, 4.69) is 42.9 Å². The predicted octanol–water partition coefficient (Wildman–Crippen LogP) is 7.87. The third kappa shape index (κ3) is 3.36. The number of nitrogens with zero attached hydrogens (tertiary/aromatic N) is 1. The Morgan fingerprint density at radius 2 is 1.28 bits per heavy atom. The number of aliphatic imine (C=N–C) groups is 1. The molecule has 1 aliphatic rings. The molecule has 182 valence electrons. The maximum absolute atomic E-state index is 13.1. The van der Waals surface area contributed by atoms with E-state index >= 15 is 0 Å². The third-order valence-corrected chi connectivity index (χ3v) is 8.79. The first-order valence-corrected chi connectivity index (χ1v) is 13.2. The number of nitrogens with one attached hydrogen (secondary N) is 1. The Bertz CT molecular complexity index is 1730. The van der Waals surface area contributed by atoms with Gasteiger partial charge in [0, 0.05) is 9.75 Å². The summed E-state index contributed by atoms with van der Waals surface area (Å²) in [6.07, 6.45) is 0. The van der Waals surface area contributed by atoms with E-state index in [4.69, 9.17) is 8.83 Å². The van der Waals surface area contributed by atoms with Gasteiger partial charge in [0.05, 0.1) is 26.6 Å². The van der Waals surface area contributed by atoms with Gasteiger partial charge in [-0.05, 0) is 88.1 Å². The molecular weight excluding hydrogens is 492 g/mol. The molecular formula is C28H24N2O4S2. The summed E-state index contributed by atoms with van der Waals surface area (Å²) in [5.41, 5.74) is 5.38. The molecule has 8 heteroatoms. The second-order valence-corrected chi connectivity index (χ2v) is 11.9. The molecule has 0 aliphatic carbocycles. The van der Waals surface area contributed by atoms with Crippen molar-refractivity contribution in [2.24, 2.45) is 4.99 Å². The fourth-order valence-corrected chi connectivity index (χ4v) is 6.88. The number of carbonyl (C=O) groups excluding carboxylic acids is 1. The van der Waals surface area contributed by atoms with Crippen LogP contribution in [0.1, 0.15) is 53.7 Å². The van der Waals surface area contributed by atoms with Gasteiger partial charge in [-0.2, -0.15) is 0 Å². The molecule has 0 unspecified atom stereocenters. The summed E-state index contributed by atoms with van der Waals surface area (Å²) in [6, 6.07) is 8.17. The molecule has 0 aromatic carbocycles. The zero-order chi connectivity index (χ0) is 25.5. The van der Waals surface area contributed by atoms with Crippen molar-refractivity contribution in [2.45, 2.75) is 41.5 Å². The van der Waals surface area contributed by atoms with Crippen LogP contribution in [0.5, 0.6) is 5.88 Å². The molecule has 36 heavy (non-hydrogen) atoms. The number of rotatable bonds is 4. The van der Waals surface area contributed by atoms with E-state index in [1.807, 2.05) is 32.9 Å². The maximum Gasteiger partial charge on any atom is 0.280 e. The molecule has 2 N–H and O–H groups in total. The lowest BCUT2D eigenvalue weighted by atomic mass is 10.0. The van der Waals surface area contributed by atoms with E-state index in [1.54, 1.807) is 22.7 Å². The molecule has 0 fully saturated rings. The Kier molecular flexibility index (Phi) is 5.04. The van der Waals surface area contributed by atoms with Gasteiger partial charge in [-0.3, -0.25) is 4.79 Å². The van der Waals surface area contributed by atoms with Gasteiger partial charge < -0.3 is 18.9 Å². The minimum absolute atomic E-state index is 0.134. The summed E-state index contributed by atoms with van der Waals surface area (Å²) in [7, 11) is 0. The van der Waals surface area contributed by atoms with Crippen molar-refractivity contribution in [2.75, 3.05) is 0 Å². The first kappa shape index (κ1) is 22.8. The van der Waals surface area contributed by atoms with Crippen molar-refractivity contribution >= 4 is 34.3 Å². The van der Waals surface area contributed by atoms with Crippen molar-refractivity contribution in [3.63, 3.8) is 0 Å². The molecule has 6 nitrogen and oxygen atoms in total. The van der Waals surface area contributed by atoms with E-state index in [9.17, 15) is 9.90 Å². The van der Waals surface area contributed by atoms with E-state index in [0.717, 1.165) is 43.5 Å². The lowest BCUT2D eigenvalue weighted by Crippen LogP contribution is -2.00. The van der Waals surface area contributed by atoms with Crippen LogP contribution in [-0.2, 0) is 0 Å². The number of hydrogen-bond acceptors (Lipinski definition) is 6. The topological polar surface area (TPSA) is 91.7 Å². The Balaban J connectivity index is 1.45. The molecule has 5 aromatic rings. The smallest absolute Gasteiger partial charge is 0.280 e. The van der Waals surface area contributed by atoms with Crippen molar-refractivity contribution < 1.29 is 18.7 Å². The number of aromatic hydroxyl groups is 1. The number of thiophene rings is 2. The standard InChI is InChI=1S/C28H24N2O4S2/c1-11-9-17(25-13(3)7-15(5)35-25)33-23(11)21-19-20(28(32)29-21)22(30-27(19)31)24-12(2)10-18(34-24)26-14(4)8-16(6)36-26/h7-10,29,32H,1-6H3. The number of carbonyl (C=O) groups is 1. The molecule has 0 spiro atoms. The van der Waals surface area contributed by atoms with E-state index in [0.29, 0.717) is 34.1 Å². The molecule has 0 radical (unpaired) electrons. The van der Waals surface area contributed by atoms with Gasteiger partial charge in [-0.15, -0.1) is 22.7 Å². The van der Waals surface area contributed by atoms with E-state index in [-0.39, 0.29) is 5.88 Å². The predicted molar refractivity (Wildman–Crippen MR) is 144 cm³/mol. The van der Waals surface area contributed by atoms with Crippen LogP contribution in [0.4, 0.5) is 0 Å². The molecule has 1 aliphatic heterocycles. The monoisotopic (exact) mass is 516 g/mol. The van der Waals surface area contributed by atoms with Crippen molar-refractivity contribution in [3.05, 3.63) is 73.2 Å². The highest BCUT2D eigenvalue weighted by Crippen LogP contribution is 2.44. The molecule has 0 saturated heterocycles. The average molecular weight is 517 g/mol. The summed E-state index contributed by atoms with van der Waals surface area (Å²) in [5, 5.41) is 10.9. The SMILES string of the molecule is Cc1cc(C)c(-c2cc(C)c(C3=NC(=O)c4c(-c5oc(-c6sc(C)cc6C)cc5C)[nH]c(O)c43)o2)s1. The molecule has 5 aromatic heterocycles. The van der Waals surface area contributed by atoms with Crippen LogP contribution in [0.3, 0.4) is 0 Å². The number of H-pyrrole nitrogens is 1. The van der Waals surface area contributed by atoms with Crippen molar-refractivity contribution in [3.8, 4) is 38.6 Å². The number of amides is 1.